The highest BCUT2D eigenvalue weighted by molar-refractivity contribution is 9.25. The minimum absolute atomic E-state index is 0.0557. The molecule has 0 bridgehead atoms. The molecule has 0 rings (SSSR count). The maximum Gasteiger partial charge on any atom is 0.152 e. The zero-order chi connectivity index (χ0) is 7.49. The second kappa shape index (κ2) is 3.52. The van der Waals surface area contributed by atoms with Crippen LogP contribution in [0.2, 0.25) is 0 Å². The first-order valence-electron chi connectivity index (χ1n) is 2.49. The first-order valence-corrected chi connectivity index (χ1v) is 4.08. The van der Waals surface area contributed by atoms with Crippen molar-refractivity contribution in [2.45, 2.75) is 17.1 Å². The molecule has 0 radical (unpaired) electrons. The van der Waals surface area contributed by atoms with Gasteiger partial charge in [0.1, 0.15) is 0 Å². The van der Waals surface area contributed by atoms with Gasteiger partial charge in [-0.1, -0.05) is 37.9 Å². The molecular weight excluding hydrogens is 248 g/mol. The summed E-state index contributed by atoms with van der Waals surface area (Å²) in [4.78, 5) is 10.4. The molecule has 3 heteroatoms. The fourth-order valence-electron chi connectivity index (χ4n) is 0.264. The number of hydrogen-bond acceptors (Lipinski definition) is 1. The van der Waals surface area contributed by atoms with E-state index in [0.29, 0.717) is 0 Å². The Labute approximate surface area is 71.8 Å². The van der Waals surface area contributed by atoms with Crippen molar-refractivity contribution >= 4 is 37.6 Å². The summed E-state index contributed by atoms with van der Waals surface area (Å²) < 4.78 is -0.244. The number of hydrogen-bond donors (Lipinski definition) is 0. The van der Waals surface area contributed by atoms with Crippen LogP contribution in [0.4, 0.5) is 0 Å². The van der Waals surface area contributed by atoms with Crippen LogP contribution in [0.15, 0.2) is 12.2 Å². The lowest BCUT2D eigenvalue weighted by atomic mass is 10.3. The van der Waals surface area contributed by atoms with E-state index in [0.717, 1.165) is 0 Å². The number of alkyl halides is 2. The number of rotatable bonds is 2. The molecule has 0 atom stereocenters. The van der Waals surface area contributed by atoms with Crippen LogP contribution in [0, 0.1) is 0 Å². The molecule has 0 aromatic heterocycles. The third-order valence-corrected chi connectivity index (χ3v) is 1.14. The number of carbonyl (C=O) groups excluding carboxylic acids is 1. The van der Waals surface area contributed by atoms with Gasteiger partial charge in [0, 0.05) is 0 Å². The van der Waals surface area contributed by atoms with E-state index in [-0.39, 0.29) is 9.02 Å². The van der Waals surface area contributed by atoms with E-state index < -0.39 is 0 Å². The largest absolute Gasteiger partial charge is 0.295 e. The van der Waals surface area contributed by atoms with E-state index in [1.54, 1.807) is 6.08 Å². The quantitative estimate of drug-likeness (QED) is 0.548. The van der Waals surface area contributed by atoms with Crippen molar-refractivity contribution in [3.05, 3.63) is 12.2 Å². The van der Waals surface area contributed by atoms with Crippen LogP contribution in [0.1, 0.15) is 13.8 Å². The van der Waals surface area contributed by atoms with E-state index in [4.69, 9.17) is 0 Å². The molecule has 0 spiro atoms. The van der Waals surface area contributed by atoms with E-state index in [1.807, 2.05) is 6.92 Å². The van der Waals surface area contributed by atoms with Crippen molar-refractivity contribution in [1.29, 1.82) is 0 Å². The first kappa shape index (κ1) is 9.37. The molecule has 9 heavy (non-hydrogen) atoms. The predicted octanol–water partition coefficient (Wildman–Crippen LogP) is 2.64. The summed E-state index contributed by atoms with van der Waals surface area (Å²) in [6, 6.07) is 0. The Kier molecular flexibility index (Phi) is 3.66. The van der Waals surface area contributed by atoms with Crippen LogP contribution < -0.4 is 0 Å². The zero-order valence-corrected chi connectivity index (χ0v) is 8.49. The van der Waals surface area contributed by atoms with Crippen molar-refractivity contribution in [2.75, 3.05) is 0 Å². The van der Waals surface area contributed by atoms with Crippen LogP contribution >= 0.6 is 31.9 Å². The van der Waals surface area contributed by atoms with Gasteiger partial charge in [-0.15, -0.1) is 0 Å². The summed E-state index contributed by atoms with van der Waals surface area (Å²) in [5, 5.41) is 0. The molecule has 0 aliphatic heterocycles. The molecule has 1 nitrogen and oxygen atoms in total. The molecule has 0 saturated heterocycles. The van der Waals surface area contributed by atoms with Crippen LogP contribution in [0.3, 0.4) is 0 Å². The van der Waals surface area contributed by atoms with Gasteiger partial charge in [0.05, 0.1) is 3.23 Å². The molecule has 0 aromatic rings. The molecule has 0 fully saturated rings. The van der Waals surface area contributed by atoms with Gasteiger partial charge >= 0.3 is 0 Å². The van der Waals surface area contributed by atoms with E-state index in [2.05, 4.69) is 31.9 Å². The zero-order valence-electron chi connectivity index (χ0n) is 5.32. The Hall–Kier alpha value is 0.370. The van der Waals surface area contributed by atoms with Crippen molar-refractivity contribution < 1.29 is 4.79 Å². The fraction of sp³-hybridized carbons (Fsp3) is 0.500. The van der Waals surface area contributed by atoms with Crippen LogP contribution in [0.25, 0.3) is 0 Å². The highest BCUT2D eigenvalue weighted by Gasteiger charge is 2.08. The van der Waals surface area contributed by atoms with Gasteiger partial charge in [-0.05, 0) is 19.9 Å². The third kappa shape index (κ3) is 8.37. The Morgan fingerprint density at radius 3 is 2.11 bits per heavy atom. The molecule has 0 amide bonds. The molecule has 0 aliphatic rings. The maximum absolute atomic E-state index is 10.4. The Balaban J connectivity index is 3.86. The van der Waals surface area contributed by atoms with Gasteiger partial charge in [0.2, 0.25) is 0 Å². The fourth-order valence-corrected chi connectivity index (χ4v) is 0.528. The number of carbonyl (C=O) groups is 1. The Bertz CT molecular complexity index is 132. The molecule has 0 aromatic carbocycles. The van der Waals surface area contributed by atoms with Gasteiger partial charge in [-0.25, -0.2) is 0 Å². The molecule has 52 valence electrons. The summed E-state index contributed by atoms with van der Waals surface area (Å²) in [6.07, 6.45) is 3.26. The highest BCUT2D eigenvalue weighted by atomic mass is 79.9. The molecule has 0 unspecified atom stereocenters. The van der Waals surface area contributed by atoms with Crippen molar-refractivity contribution in [3.8, 4) is 0 Å². The maximum atomic E-state index is 10.4. The van der Waals surface area contributed by atoms with Crippen LogP contribution in [0.5, 0.6) is 0 Å². The molecule has 0 saturated carbocycles. The molecular formula is C6H8Br2O. The standard InChI is InChI=1S/C6H8Br2O/c1-5(9)3-4-6(2,7)8/h3-4H,1-2H3/b4-3+. The van der Waals surface area contributed by atoms with E-state index >= 15 is 0 Å². The van der Waals surface area contributed by atoms with Gasteiger partial charge in [0.15, 0.2) is 5.78 Å². The number of ketones is 1. The summed E-state index contributed by atoms with van der Waals surface area (Å²) in [5.74, 6) is 0.0557. The number of allylic oxidation sites excluding steroid dienone is 2. The summed E-state index contributed by atoms with van der Waals surface area (Å²) >= 11 is 6.57. The van der Waals surface area contributed by atoms with Crippen molar-refractivity contribution in [3.63, 3.8) is 0 Å². The number of halogens is 2. The normalized spacial score (nSPS) is 12.4. The lowest BCUT2D eigenvalue weighted by Crippen LogP contribution is -1.98. The van der Waals surface area contributed by atoms with Gasteiger partial charge in [-0.3, -0.25) is 4.79 Å². The molecule has 0 N–H and O–H groups in total. The second-order valence-corrected chi connectivity index (χ2v) is 6.26. The van der Waals surface area contributed by atoms with Gasteiger partial charge in [0.25, 0.3) is 0 Å². The van der Waals surface area contributed by atoms with Crippen molar-refractivity contribution in [2.24, 2.45) is 0 Å². The monoisotopic (exact) mass is 254 g/mol. The SMILES string of the molecule is CC(=O)/C=C/C(C)(Br)Br. The smallest absolute Gasteiger partial charge is 0.152 e. The average Bonchev–Trinajstić information content (AvgIpc) is 1.59. The Morgan fingerprint density at radius 1 is 1.56 bits per heavy atom. The minimum atomic E-state index is -0.244. The lowest BCUT2D eigenvalue weighted by Gasteiger charge is -2.04. The third-order valence-electron chi connectivity index (χ3n) is 0.611. The summed E-state index contributed by atoms with van der Waals surface area (Å²) in [6.45, 7) is 3.41. The molecule has 0 heterocycles. The van der Waals surface area contributed by atoms with Crippen LogP contribution in [-0.2, 0) is 4.79 Å². The Morgan fingerprint density at radius 2 is 2.00 bits per heavy atom. The predicted molar refractivity (Wildman–Crippen MR) is 46.1 cm³/mol. The van der Waals surface area contributed by atoms with Crippen LogP contribution in [-0.4, -0.2) is 9.02 Å². The highest BCUT2D eigenvalue weighted by Crippen LogP contribution is 2.26. The minimum Gasteiger partial charge on any atom is -0.295 e. The lowest BCUT2D eigenvalue weighted by molar-refractivity contribution is -0.112. The first-order chi connectivity index (χ1) is 3.92. The topological polar surface area (TPSA) is 17.1 Å². The average molecular weight is 256 g/mol. The van der Waals surface area contributed by atoms with Crippen molar-refractivity contribution in [1.82, 2.24) is 0 Å². The van der Waals surface area contributed by atoms with Gasteiger partial charge < -0.3 is 0 Å². The van der Waals surface area contributed by atoms with E-state index in [1.165, 1.54) is 13.0 Å². The molecule has 0 aliphatic carbocycles. The van der Waals surface area contributed by atoms with E-state index in [9.17, 15) is 4.79 Å². The summed E-state index contributed by atoms with van der Waals surface area (Å²) in [7, 11) is 0. The second-order valence-electron chi connectivity index (χ2n) is 1.90. The van der Waals surface area contributed by atoms with Gasteiger partial charge in [-0.2, -0.15) is 0 Å². The summed E-state index contributed by atoms with van der Waals surface area (Å²) in [5.41, 5.74) is 0.